The summed E-state index contributed by atoms with van der Waals surface area (Å²) in [6, 6.07) is 13.6. The van der Waals surface area contributed by atoms with Gasteiger partial charge >= 0.3 is 5.97 Å². The maximum Gasteiger partial charge on any atom is 0.335 e. The summed E-state index contributed by atoms with van der Waals surface area (Å²) in [5, 5.41) is 32.5. The van der Waals surface area contributed by atoms with E-state index in [9.17, 15) is 9.90 Å². The molecule has 2 aromatic carbocycles. The number of anilines is 1. The van der Waals surface area contributed by atoms with Crippen LogP contribution < -0.4 is 10.6 Å². The molecule has 26 heavy (non-hydrogen) atoms. The lowest BCUT2D eigenvalue weighted by atomic mass is 10.0. The molecule has 0 saturated heterocycles. The highest BCUT2D eigenvalue weighted by molar-refractivity contribution is 5.87. The first kappa shape index (κ1) is 17.7. The number of aromatic nitrogens is 2. The van der Waals surface area contributed by atoms with Gasteiger partial charge in [-0.05, 0) is 42.4 Å². The molecule has 0 aliphatic rings. The number of carboxylic acids is 1. The van der Waals surface area contributed by atoms with Crippen molar-refractivity contribution in [1.29, 1.82) is 0 Å². The number of hydrogen-bond donors (Lipinski definition) is 5. The second kappa shape index (κ2) is 7.81. The average Bonchev–Trinajstić information content (AvgIpc) is 3.18. The smallest absolute Gasteiger partial charge is 0.335 e. The van der Waals surface area contributed by atoms with Crippen LogP contribution in [0.15, 0.2) is 60.9 Å². The molecule has 0 amide bonds. The second-order valence-electron chi connectivity index (χ2n) is 5.85. The molecule has 0 aliphatic heterocycles. The minimum absolute atomic E-state index is 0.180. The number of aromatic amines is 1. The quantitative estimate of drug-likeness (QED) is 0.418. The Morgan fingerprint density at radius 2 is 1.92 bits per heavy atom. The van der Waals surface area contributed by atoms with E-state index < -0.39 is 18.2 Å². The molecule has 1 heterocycles. The molecule has 5 N–H and O–H groups in total. The Labute approximate surface area is 150 Å². The zero-order valence-electron chi connectivity index (χ0n) is 14.2. The Morgan fingerprint density at radius 1 is 1.15 bits per heavy atom. The highest BCUT2D eigenvalue weighted by Crippen LogP contribution is 2.23. The molecule has 2 atom stereocenters. The van der Waals surface area contributed by atoms with E-state index in [-0.39, 0.29) is 5.56 Å². The molecule has 7 nitrogen and oxygen atoms in total. The van der Waals surface area contributed by atoms with E-state index >= 15 is 0 Å². The number of benzene rings is 2. The van der Waals surface area contributed by atoms with Gasteiger partial charge in [-0.3, -0.25) is 5.10 Å². The lowest BCUT2D eigenvalue weighted by molar-refractivity contribution is 0.0696. The fraction of sp³-hybridized carbons (Fsp3) is 0.158. The van der Waals surface area contributed by atoms with Gasteiger partial charge in [0.15, 0.2) is 0 Å². The predicted octanol–water partition coefficient (Wildman–Crippen LogP) is 2.47. The zero-order valence-corrected chi connectivity index (χ0v) is 14.2. The van der Waals surface area contributed by atoms with Crippen molar-refractivity contribution in [2.45, 2.75) is 12.3 Å². The molecule has 2 unspecified atom stereocenters. The maximum absolute atomic E-state index is 11.1. The molecule has 0 bridgehead atoms. The number of aromatic carboxylic acids is 1. The van der Waals surface area contributed by atoms with Crippen LogP contribution in [0.4, 0.5) is 5.69 Å². The molecule has 0 fully saturated rings. The van der Waals surface area contributed by atoms with Gasteiger partial charge in [0.25, 0.3) is 0 Å². The van der Waals surface area contributed by atoms with Gasteiger partial charge in [-0.1, -0.05) is 24.3 Å². The summed E-state index contributed by atoms with van der Waals surface area (Å²) < 4.78 is 0. The molecule has 0 radical (unpaired) electrons. The maximum atomic E-state index is 11.1. The Bertz CT molecular complexity index is 863. The fourth-order valence-corrected chi connectivity index (χ4v) is 2.79. The molecule has 0 aliphatic carbocycles. The molecule has 3 rings (SSSR count). The summed E-state index contributed by atoms with van der Waals surface area (Å²) >= 11 is 0. The fourth-order valence-electron chi connectivity index (χ4n) is 2.79. The van der Waals surface area contributed by atoms with Crippen LogP contribution in [-0.4, -0.2) is 39.7 Å². The second-order valence-corrected chi connectivity index (χ2v) is 5.85. The monoisotopic (exact) mass is 352 g/mol. The van der Waals surface area contributed by atoms with Crippen molar-refractivity contribution in [3.63, 3.8) is 0 Å². The first-order chi connectivity index (χ1) is 12.6. The van der Waals surface area contributed by atoms with Crippen LogP contribution in [0.1, 0.15) is 22.0 Å². The van der Waals surface area contributed by atoms with E-state index in [2.05, 4.69) is 20.8 Å². The van der Waals surface area contributed by atoms with Gasteiger partial charge in [-0.15, -0.1) is 0 Å². The standard InChI is InChI=1S/C19H20N4O3/c1-20-17(13-3-2-4-14(9-13)19(25)26)18(24)23-16-7-5-12(6-8-16)15-10-21-22-11-15/h2-11,17-18,20,23-24H,1H3,(H,21,22)(H,25,26). The van der Waals surface area contributed by atoms with Gasteiger partial charge in [0, 0.05) is 17.4 Å². The highest BCUT2D eigenvalue weighted by Gasteiger charge is 2.20. The van der Waals surface area contributed by atoms with Crippen LogP contribution in [-0.2, 0) is 0 Å². The minimum Gasteiger partial charge on any atom is -0.478 e. The van der Waals surface area contributed by atoms with Crippen LogP contribution in [0.5, 0.6) is 0 Å². The molecular weight excluding hydrogens is 332 g/mol. The molecule has 3 aromatic rings. The number of nitrogens with one attached hydrogen (secondary N) is 3. The highest BCUT2D eigenvalue weighted by atomic mass is 16.4. The summed E-state index contributed by atoms with van der Waals surface area (Å²) in [7, 11) is 1.71. The van der Waals surface area contributed by atoms with Crippen LogP contribution in [0, 0.1) is 0 Å². The van der Waals surface area contributed by atoms with Crippen molar-refractivity contribution in [3.8, 4) is 11.1 Å². The summed E-state index contributed by atoms with van der Waals surface area (Å²) in [4.78, 5) is 11.1. The topological polar surface area (TPSA) is 110 Å². The number of H-pyrrole nitrogens is 1. The van der Waals surface area contributed by atoms with Gasteiger partial charge in [0.2, 0.25) is 0 Å². The van der Waals surface area contributed by atoms with E-state index in [1.807, 2.05) is 30.5 Å². The number of aliphatic hydroxyl groups is 1. The molecular formula is C19H20N4O3. The Hall–Kier alpha value is -3.16. The van der Waals surface area contributed by atoms with Crippen molar-refractivity contribution in [1.82, 2.24) is 15.5 Å². The third kappa shape index (κ3) is 3.90. The average molecular weight is 352 g/mol. The van der Waals surface area contributed by atoms with Crippen molar-refractivity contribution >= 4 is 11.7 Å². The first-order valence-electron chi connectivity index (χ1n) is 8.13. The number of carbonyl (C=O) groups is 1. The van der Waals surface area contributed by atoms with E-state index in [0.29, 0.717) is 5.56 Å². The number of likely N-dealkylation sites (N-methyl/N-ethyl adjacent to an activating group) is 1. The Balaban J connectivity index is 1.74. The number of carboxylic acid groups (broad SMARTS) is 1. The van der Waals surface area contributed by atoms with Gasteiger partial charge in [0.05, 0.1) is 17.8 Å². The van der Waals surface area contributed by atoms with Gasteiger partial charge in [0.1, 0.15) is 6.23 Å². The van der Waals surface area contributed by atoms with E-state index in [4.69, 9.17) is 5.11 Å². The molecule has 7 heteroatoms. The van der Waals surface area contributed by atoms with Crippen LogP contribution >= 0.6 is 0 Å². The van der Waals surface area contributed by atoms with Gasteiger partial charge < -0.3 is 20.8 Å². The third-order valence-corrected chi connectivity index (χ3v) is 4.15. The summed E-state index contributed by atoms with van der Waals surface area (Å²) in [5.41, 5.74) is 3.61. The summed E-state index contributed by atoms with van der Waals surface area (Å²) in [5.74, 6) is -1.00. The Kier molecular flexibility index (Phi) is 5.31. The first-order valence-corrected chi connectivity index (χ1v) is 8.13. The largest absolute Gasteiger partial charge is 0.478 e. The van der Waals surface area contributed by atoms with E-state index in [1.54, 1.807) is 31.4 Å². The molecule has 0 saturated carbocycles. The van der Waals surface area contributed by atoms with E-state index in [0.717, 1.165) is 16.8 Å². The zero-order chi connectivity index (χ0) is 18.5. The molecule has 1 aromatic heterocycles. The van der Waals surface area contributed by atoms with Gasteiger partial charge in [-0.2, -0.15) is 5.10 Å². The number of hydrogen-bond acceptors (Lipinski definition) is 5. The van der Waals surface area contributed by atoms with Crippen molar-refractivity contribution in [2.75, 3.05) is 12.4 Å². The minimum atomic E-state index is -1.00. The Morgan fingerprint density at radius 3 is 2.54 bits per heavy atom. The number of aliphatic hydroxyl groups excluding tert-OH is 1. The van der Waals surface area contributed by atoms with Crippen LogP contribution in [0.3, 0.4) is 0 Å². The lowest BCUT2D eigenvalue weighted by Crippen LogP contribution is -2.35. The van der Waals surface area contributed by atoms with Crippen molar-refractivity contribution in [3.05, 3.63) is 72.1 Å². The van der Waals surface area contributed by atoms with Crippen molar-refractivity contribution in [2.24, 2.45) is 0 Å². The third-order valence-electron chi connectivity index (χ3n) is 4.15. The molecule has 134 valence electrons. The summed E-state index contributed by atoms with van der Waals surface area (Å²) in [6.07, 6.45) is 2.61. The predicted molar refractivity (Wildman–Crippen MR) is 98.9 cm³/mol. The molecule has 0 spiro atoms. The lowest BCUT2D eigenvalue weighted by Gasteiger charge is -2.25. The SMILES string of the molecule is CNC(c1cccc(C(=O)O)c1)C(O)Nc1ccc(-c2cn[nH]c2)cc1. The van der Waals surface area contributed by atoms with Crippen LogP contribution in [0.2, 0.25) is 0 Å². The van der Waals surface area contributed by atoms with Crippen LogP contribution in [0.25, 0.3) is 11.1 Å². The van der Waals surface area contributed by atoms with Crippen molar-refractivity contribution < 1.29 is 15.0 Å². The number of nitrogens with zero attached hydrogens (tertiary/aromatic N) is 1. The van der Waals surface area contributed by atoms with E-state index in [1.165, 1.54) is 6.07 Å². The van der Waals surface area contributed by atoms with Gasteiger partial charge in [-0.25, -0.2) is 4.79 Å². The summed E-state index contributed by atoms with van der Waals surface area (Å²) in [6.45, 7) is 0. The normalized spacial score (nSPS) is 13.2. The number of rotatable bonds is 7.